The van der Waals surface area contributed by atoms with Crippen LogP contribution in [0.3, 0.4) is 0 Å². The number of rotatable bonds is 7. The highest BCUT2D eigenvalue weighted by molar-refractivity contribution is 7.92. The van der Waals surface area contributed by atoms with Crippen molar-refractivity contribution >= 4 is 33.2 Å². The van der Waals surface area contributed by atoms with Gasteiger partial charge in [0.05, 0.1) is 23.5 Å². The summed E-state index contributed by atoms with van der Waals surface area (Å²) in [6, 6.07) is 22.2. The number of amides is 2. The Bertz CT molecular complexity index is 1190. The van der Waals surface area contributed by atoms with E-state index in [4.69, 9.17) is 0 Å². The Balaban J connectivity index is 1.77. The van der Waals surface area contributed by atoms with Crippen LogP contribution in [0.2, 0.25) is 0 Å². The van der Waals surface area contributed by atoms with Crippen molar-refractivity contribution in [2.75, 3.05) is 16.3 Å². The number of hydrogen-bond acceptors (Lipinski definition) is 4. The molecule has 0 aliphatic carbocycles. The third kappa shape index (κ3) is 6.16. The molecule has 3 aromatic rings. The van der Waals surface area contributed by atoms with Crippen molar-refractivity contribution in [2.24, 2.45) is 0 Å². The molecule has 8 heteroatoms. The number of anilines is 2. The number of benzene rings is 3. The van der Waals surface area contributed by atoms with Crippen LogP contribution in [0.15, 0.2) is 78.9 Å². The van der Waals surface area contributed by atoms with E-state index in [-0.39, 0.29) is 23.2 Å². The van der Waals surface area contributed by atoms with Gasteiger partial charge in [-0.1, -0.05) is 48.5 Å². The van der Waals surface area contributed by atoms with Crippen LogP contribution in [0.4, 0.5) is 11.4 Å². The molecule has 0 aromatic heterocycles. The van der Waals surface area contributed by atoms with E-state index in [1.54, 1.807) is 42.5 Å². The van der Waals surface area contributed by atoms with Crippen LogP contribution in [-0.4, -0.2) is 26.5 Å². The lowest BCUT2D eigenvalue weighted by molar-refractivity contribution is 0.0940. The Morgan fingerprint density at radius 3 is 2.23 bits per heavy atom. The Labute approximate surface area is 181 Å². The number of nitrogens with one attached hydrogen (secondary N) is 3. The first-order chi connectivity index (χ1) is 14.7. The van der Waals surface area contributed by atoms with Crippen LogP contribution in [0.5, 0.6) is 0 Å². The molecule has 0 unspecified atom stereocenters. The molecule has 0 fully saturated rings. The topological polar surface area (TPSA) is 104 Å². The predicted molar refractivity (Wildman–Crippen MR) is 122 cm³/mol. The first-order valence-electron chi connectivity index (χ1n) is 9.57. The van der Waals surface area contributed by atoms with Crippen molar-refractivity contribution in [3.8, 4) is 0 Å². The van der Waals surface area contributed by atoms with Gasteiger partial charge in [-0.25, -0.2) is 8.42 Å². The number of para-hydroxylation sites is 1. The average Bonchev–Trinajstić information content (AvgIpc) is 2.73. The smallest absolute Gasteiger partial charge is 0.255 e. The van der Waals surface area contributed by atoms with E-state index in [2.05, 4.69) is 15.4 Å². The maximum atomic E-state index is 12.8. The SMILES string of the molecule is C[C@H](NC(=O)c1ccccc1NC(=O)c1cccc(NS(C)(=O)=O)c1)c1ccccc1. The Kier molecular flexibility index (Phi) is 6.71. The van der Waals surface area contributed by atoms with E-state index in [0.717, 1.165) is 11.8 Å². The van der Waals surface area contributed by atoms with Crippen molar-refractivity contribution in [3.63, 3.8) is 0 Å². The molecule has 2 amide bonds. The molecule has 0 aliphatic rings. The molecule has 3 N–H and O–H groups in total. The quantitative estimate of drug-likeness (QED) is 0.523. The maximum absolute atomic E-state index is 12.8. The molecule has 160 valence electrons. The largest absolute Gasteiger partial charge is 0.345 e. The lowest BCUT2D eigenvalue weighted by atomic mass is 10.1. The number of carbonyl (C=O) groups excluding carboxylic acids is 2. The van der Waals surface area contributed by atoms with Crippen LogP contribution in [0, 0.1) is 0 Å². The zero-order valence-electron chi connectivity index (χ0n) is 17.1. The zero-order chi connectivity index (χ0) is 22.4. The molecule has 3 rings (SSSR count). The number of sulfonamides is 1. The molecule has 0 aliphatic heterocycles. The highest BCUT2D eigenvalue weighted by Gasteiger charge is 2.17. The Hall–Kier alpha value is -3.65. The fraction of sp³-hybridized carbons (Fsp3) is 0.130. The summed E-state index contributed by atoms with van der Waals surface area (Å²) in [5, 5.41) is 5.67. The Morgan fingerprint density at radius 1 is 0.839 bits per heavy atom. The van der Waals surface area contributed by atoms with Gasteiger partial charge in [-0.2, -0.15) is 0 Å². The summed E-state index contributed by atoms with van der Waals surface area (Å²) < 4.78 is 25.2. The van der Waals surface area contributed by atoms with E-state index in [9.17, 15) is 18.0 Å². The molecule has 3 aromatic carbocycles. The molecule has 0 bridgehead atoms. The molecular weight excluding hydrogens is 414 g/mol. The van der Waals surface area contributed by atoms with Gasteiger partial charge in [-0.3, -0.25) is 14.3 Å². The van der Waals surface area contributed by atoms with Crippen LogP contribution >= 0.6 is 0 Å². The second kappa shape index (κ2) is 9.44. The minimum absolute atomic E-state index is 0.212. The molecule has 0 radical (unpaired) electrons. The second-order valence-electron chi connectivity index (χ2n) is 7.06. The first-order valence-corrected chi connectivity index (χ1v) is 11.5. The van der Waals surface area contributed by atoms with Crippen LogP contribution in [-0.2, 0) is 10.0 Å². The van der Waals surface area contributed by atoms with Gasteiger partial charge >= 0.3 is 0 Å². The van der Waals surface area contributed by atoms with Crippen molar-refractivity contribution < 1.29 is 18.0 Å². The summed E-state index contributed by atoms with van der Waals surface area (Å²) in [5.41, 5.74) is 2.17. The van der Waals surface area contributed by atoms with Gasteiger partial charge in [0.2, 0.25) is 10.0 Å². The van der Waals surface area contributed by atoms with Gasteiger partial charge in [-0.15, -0.1) is 0 Å². The number of hydrogen-bond donors (Lipinski definition) is 3. The first kappa shape index (κ1) is 22.0. The van der Waals surface area contributed by atoms with E-state index in [1.165, 1.54) is 6.07 Å². The Morgan fingerprint density at radius 2 is 1.52 bits per heavy atom. The molecule has 31 heavy (non-hydrogen) atoms. The minimum atomic E-state index is -3.47. The van der Waals surface area contributed by atoms with E-state index < -0.39 is 15.9 Å². The fourth-order valence-electron chi connectivity index (χ4n) is 3.02. The van der Waals surface area contributed by atoms with Gasteiger partial charge in [0, 0.05) is 11.3 Å². The van der Waals surface area contributed by atoms with Gasteiger partial charge in [0.25, 0.3) is 11.8 Å². The van der Waals surface area contributed by atoms with Gasteiger partial charge in [0.1, 0.15) is 0 Å². The van der Waals surface area contributed by atoms with Crippen LogP contribution < -0.4 is 15.4 Å². The monoisotopic (exact) mass is 437 g/mol. The highest BCUT2D eigenvalue weighted by Crippen LogP contribution is 2.20. The molecular formula is C23H23N3O4S. The summed E-state index contributed by atoms with van der Waals surface area (Å²) in [7, 11) is -3.47. The predicted octanol–water partition coefficient (Wildman–Crippen LogP) is 3.80. The minimum Gasteiger partial charge on any atom is -0.345 e. The molecule has 0 heterocycles. The maximum Gasteiger partial charge on any atom is 0.255 e. The fourth-order valence-corrected chi connectivity index (χ4v) is 3.58. The molecule has 1 atom stereocenters. The standard InChI is InChI=1S/C23H23N3O4S/c1-16(17-9-4-3-5-10-17)24-23(28)20-13-6-7-14-21(20)25-22(27)18-11-8-12-19(15-18)26-31(2,29)30/h3-16,26H,1-2H3,(H,24,28)(H,25,27)/t16-/m0/s1. The summed E-state index contributed by atoms with van der Waals surface area (Å²) in [4.78, 5) is 25.6. The molecule has 7 nitrogen and oxygen atoms in total. The van der Waals surface area contributed by atoms with E-state index in [0.29, 0.717) is 11.3 Å². The number of carbonyl (C=O) groups is 2. The van der Waals surface area contributed by atoms with Crippen LogP contribution in [0.25, 0.3) is 0 Å². The highest BCUT2D eigenvalue weighted by atomic mass is 32.2. The summed E-state index contributed by atoms with van der Waals surface area (Å²) in [6.07, 6.45) is 1.03. The third-order valence-corrected chi connectivity index (χ3v) is 5.10. The summed E-state index contributed by atoms with van der Waals surface area (Å²) in [6.45, 7) is 1.88. The lowest BCUT2D eigenvalue weighted by Gasteiger charge is -2.16. The molecule has 0 saturated carbocycles. The lowest BCUT2D eigenvalue weighted by Crippen LogP contribution is -2.28. The normalized spacial score (nSPS) is 11.9. The summed E-state index contributed by atoms with van der Waals surface area (Å²) in [5.74, 6) is -0.784. The van der Waals surface area contributed by atoms with E-state index in [1.807, 2.05) is 37.3 Å². The van der Waals surface area contributed by atoms with Crippen molar-refractivity contribution in [2.45, 2.75) is 13.0 Å². The van der Waals surface area contributed by atoms with Gasteiger partial charge in [0.15, 0.2) is 0 Å². The second-order valence-corrected chi connectivity index (χ2v) is 8.81. The van der Waals surface area contributed by atoms with Crippen LogP contribution in [0.1, 0.15) is 39.2 Å². The van der Waals surface area contributed by atoms with Gasteiger partial charge in [-0.05, 0) is 42.8 Å². The summed E-state index contributed by atoms with van der Waals surface area (Å²) >= 11 is 0. The van der Waals surface area contributed by atoms with Crippen molar-refractivity contribution in [3.05, 3.63) is 95.6 Å². The third-order valence-electron chi connectivity index (χ3n) is 4.50. The molecule has 0 saturated heterocycles. The van der Waals surface area contributed by atoms with Crippen molar-refractivity contribution in [1.29, 1.82) is 0 Å². The zero-order valence-corrected chi connectivity index (χ0v) is 17.9. The molecule has 0 spiro atoms. The van der Waals surface area contributed by atoms with E-state index >= 15 is 0 Å². The van der Waals surface area contributed by atoms with Gasteiger partial charge < -0.3 is 10.6 Å². The average molecular weight is 438 g/mol. The van der Waals surface area contributed by atoms with Crippen molar-refractivity contribution in [1.82, 2.24) is 5.32 Å².